The number of benzene rings is 2. The quantitative estimate of drug-likeness (QED) is 0.354. The van der Waals surface area contributed by atoms with Gasteiger partial charge in [-0.05, 0) is 42.5 Å². The predicted molar refractivity (Wildman–Crippen MR) is 115 cm³/mol. The van der Waals surface area contributed by atoms with Crippen molar-refractivity contribution >= 4 is 61.8 Å². The zero-order valence-electron chi connectivity index (χ0n) is 15.6. The molecule has 0 aliphatic rings. The lowest BCUT2D eigenvalue weighted by atomic mass is 10.2. The number of carbonyl (C=O) groups is 1. The maximum absolute atomic E-state index is 13.0. The molecule has 9 heteroatoms. The number of carbonyl (C=O) groups excluding carboxylic acids is 1. The standard InChI is InChI=1S/C21H14F3N3OS2/c1-13(28)27(16-6-4-5-14(11-16)21(22,23)24)20-25-15(12-29-20)9-10-19-26-17-7-2-3-8-18(17)30-19/h2-12H,1H3. The molecule has 30 heavy (non-hydrogen) atoms. The molecule has 0 radical (unpaired) electrons. The summed E-state index contributed by atoms with van der Waals surface area (Å²) >= 11 is 2.72. The van der Waals surface area contributed by atoms with Gasteiger partial charge in [0, 0.05) is 12.3 Å². The highest BCUT2D eigenvalue weighted by molar-refractivity contribution is 7.19. The van der Waals surface area contributed by atoms with Crippen LogP contribution in [0.3, 0.4) is 0 Å². The van der Waals surface area contributed by atoms with E-state index in [-0.39, 0.29) is 5.69 Å². The first-order chi connectivity index (χ1) is 14.3. The summed E-state index contributed by atoms with van der Waals surface area (Å²) in [7, 11) is 0. The molecule has 0 saturated heterocycles. The van der Waals surface area contributed by atoms with Crippen LogP contribution in [-0.4, -0.2) is 15.9 Å². The van der Waals surface area contributed by atoms with E-state index in [1.807, 2.05) is 30.3 Å². The van der Waals surface area contributed by atoms with Gasteiger partial charge in [0.25, 0.3) is 0 Å². The van der Waals surface area contributed by atoms with E-state index in [1.165, 1.54) is 35.3 Å². The first kappa shape index (κ1) is 20.2. The Hall–Kier alpha value is -3.04. The number of hydrogen-bond donors (Lipinski definition) is 0. The summed E-state index contributed by atoms with van der Waals surface area (Å²) in [6.45, 7) is 1.29. The van der Waals surface area contributed by atoms with E-state index >= 15 is 0 Å². The van der Waals surface area contributed by atoms with Crippen LogP contribution in [0.15, 0.2) is 53.9 Å². The highest BCUT2D eigenvalue weighted by Crippen LogP contribution is 2.35. The number of halogens is 3. The fraction of sp³-hybridized carbons (Fsp3) is 0.0952. The van der Waals surface area contributed by atoms with E-state index in [0.29, 0.717) is 10.8 Å². The van der Waals surface area contributed by atoms with Crippen molar-refractivity contribution in [3.8, 4) is 0 Å². The number of thiazole rings is 2. The van der Waals surface area contributed by atoms with E-state index in [2.05, 4.69) is 9.97 Å². The molecule has 0 unspecified atom stereocenters. The molecule has 0 N–H and O–H groups in total. The molecule has 2 aromatic carbocycles. The van der Waals surface area contributed by atoms with Gasteiger partial charge in [-0.15, -0.1) is 22.7 Å². The van der Waals surface area contributed by atoms with Crippen LogP contribution in [-0.2, 0) is 11.0 Å². The zero-order chi connectivity index (χ0) is 21.3. The number of nitrogens with zero attached hydrogens (tertiary/aromatic N) is 3. The maximum Gasteiger partial charge on any atom is 0.416 e. The van der Waals surface area contributed by atoms with Gasteiger partial charge in [-0.3, -0.25) is 9.69 Å². The largest absolute Gasteiger partial charge is 0.416 e. The van der Waals surface area contributed by atoms with E-state index in [1.54, 1.807) is 22.8 Å². The first-order valence-corrected chi connectivity index (χ1v) is 10.5. The lowest BCUT2D eigenvalue weighted by Crippen LogP contribution is -2.23. The third-order valence-electron chi connectivity index (χ3n) is 4.15. The lowest BCUT2D eigenvalue weighted by molar-refractivity contribution is -0.137. The molecule has 1 amide bonds. The van der Waals surface area contributed by atoms with Gasteiger partial charge < -0.3 is 0 Å². The number of rotatable bonds is 4. The summed E-state index contributed by atoms with van der Waals surface area (Å²) in [5.41, 5.74) is 0.799. The molecule has 0 spiro atoms. The second-order valence-corrected chi connectivity index (χ2v) is 8.21. The molecule has 2 heterocycles. The van der Waals surface area contributed by atoms with E-state index in [0.717, 1.165) is 27.4 Å². The highest BCUT2D eigenvalue weighted by atomic mass is 32.1. The van der Waals surface area contributed by atoms with Crippen molar-refractivity contribution in [2.45, 2.75) is 13.1 Å². The Morgan fingerprint density at radius 1 is 1.07 bits per heavy atom. The molecule has 0 saturated carbocycles. The topological polar surface area (TPSA) is 46.1 Å². The average molecular weight is 445 g/mol. The number of aromatic nitrogens is 2. The SMILES string of the molecule is CC(=O)N(c1cccc(C(F)(F)F)c1)c1nc(C=Cc2nc3ccccc3s2)cs1. The number of fused-ring (bicyclic) bond motifs is 1. The number of alkyl halides is 3. The lowest BCUT2D eigenvalue weighted by Gasteiger charge is -2.19. The van der Waals surface area contributed by atoms with Crippen molar-refractivity contribution in [2.75, 3.05) is 4.90 Å². The Morgan fingerprint density at radius 3 is 2.60 bits per heavy atom. The van der Waals surface area contributed by atoms with Crippen LogP contribution in [0, 0.1) is 0 Å². The first-order valence-electron chi connectivity index (χ1n) is 8.78. The van der Waals surface area contributed by atoms with Crippen molar-refractivity contribution in [3.63, 3.8) is 0 Å². The zero-order valence-corrected chi connectivity index (χ0v) is 17.2. The molecule has 0 atom stereocenters. The third-order valence-corrected chi connectivity index (χ3v) is 6.00. The van der Waals surface area contributed by atoms with Crippen molar-refractivity contribution in [1.29, 1.82) is 0 Å². The molecular weight excluding hydrogens is 431 g/mol. The normalized spacial score (nSPS) is 12.0. The smallest absolute Gasteiger partial charge is 0.274 e. The van der Waals surface area contributed by atoms with Crippen LogP contribution in [0.1, 0.15) is 23.2 Å². The van der Waals surface area contributed by atoms with Crippen LogP contribution in [0.25, 0.3) is 22.4 Å². The Kier molecular flexibility index (Phi) is 5.40. The molecule has 152 valence electrons. The number of amides is 1. The van der Waals surface area contributed by atoms with Gasteiger partial charge in [-0.1, -0.05) is 18.2 Å². The maximum atomic E-state index is 13.0. The monoisotopic (exact) mass is 445 g/mol. The average Bonchev–Trinajstić information content (AvgIpc) is 3.32. The fourth-order valence-corrected chi connectivity index (χ4v) is 4.55. The van der Waals surface area contributed by atoms with Gasteiger partial charge in [0.05, 0.1) is 27.2 Å². The van der Waals surface area contributed by atoms with Crippen LogP contribution in [0.4, 0.5) is 24.0 Å². The Balaban J connectivity index is 1.61. The van der Waals surface area contributed by atoms with E-state index < -0.39 is 17.6 Å². The molecule has 2 aromatic heterocycles. The van der Waals surface area contributed by atoms with E-state index in [4.69, 9.17) is 0 Å². The minimum absolute atomic E-state index is 0.119. The minimum Gasteiger partial charge on any atom is -0.274 e. The molecule has 4 nitrogen and oxygen atoms in total. The molecule has 0 aliphatic carbocycles. The predicted octanol–water partition coefficient (Wildman–Crippen LogP) is 6.63. The van der Waals surface area contributed by atoms with Gasteiger partial charge in [0.2, 0.25) is 5.91 Å². The highest BCUT2D eigenvalue weighted by Gasteiger charge is 2.31. The molecular formula is C21H14F3N3OS2. The van der Waals surface area contributed by atoms with Crippen LogP contribution < -0.4 is 4.90 Å². The molecule has 0 bridgehead atoms. The summed E-state index contributed by atoms with van der Waals surface area (Å²) in [4.78, 5) is 22.3. The van der Waals surface area contributed by atoms with Crippen molar-refractivity contribution in [1.82, 2.24) is 9.97 Å². The number of anilines is 2. The number of para-hydroxylation sites is 1. The Morgan fingerprint density at radius 2 is 1.87 bits per heavy atom. The van der Waals surface area contributed by atoms with Crippen LogP contribution in [0.5, 0.6) is 0 Å². The summed E-state index contributed by atoms with van der Waals surface area (Å²) in [6, 6.07) is 12.4. The summed E-state index contributed by atoms with van der Waals surface area (Å²) in [5, 5.41) is 2.85. The van der Waals surface area contributed by atoms with Crippen molar-refractivity contribution in [2.24, 2.45) is 0 Å². The van der Waals surface area contributed by atoms with Crippen LogP contribution >= 0.6 is 22.7 Å². The second-order valence-electron chi connectivity index (χ2n) is 6.31. The summed E-state index contributed by atoms with van der Waals surface area (Å²) in [5.74, 6) is -0.426. The van der Waals surface area contributed by atoms with Crippen molar-refractivity contribution in [3.05, 3.63) is 70.2 Å². The summed E-state index contributed by atoms with van der Waals surface area (Å²) in [6.07, 6.45) is -0.902. The fourth-order valence-electron chi connectivity index (χ4n) is 2.82. The van der Waals surface area contributed by atoms with Crippen molar-refractivity contribution < 1.29 is 18.0 Å². The number of hydrogen-bond acceptors (Lipinski definition) is 5. The second kappa shape index (κ2) is 8.00. The third kappa shape index (κ3) is 4.27. The van der Waals surface area contributed by atoms with Crippen LogP contribution in [0.2, 0.25) is 0 Å². The van der Waals surface area contributed by atoms with Gasteiger partial charge in [0.15, 0.2) is 5.13 Å². The Bertz CT molecular complexity index is 1210. The molecule has 4 aromatic rings. The summed E-state index contributed by atoms with van der Waals surface area (Å²) < 4.78 is 40.2. The molecule has 4 rings (SSSR count). The van der Waals surface area contributed by atoms with Gasteiger partial charge in [0.1, 0.15) is 5.01 Å². The minimum atomic E-state index is -4.49. The van der Waals surface area contributed by atoms with Gasteiger partial charge >= 0.3 is 6.18 Å². The van der Waals surface area contributed by atoms with E-state index in [9.17, 15) is 18.0 Å². The Labute approximate surface area is 178 Å². The van der Waals surface area contributed by atoms with Gasteiger partial charge in [-0.25, -0.2) is 9.97 Å². The van der Waals surface area contributed by atoms with Gasteiger partial charge in [-0.2, -0.15) is 13.2 Å². The molecule has 0 fully saturated rings. The molecule has 0 aliphatic heterocycles.